The number of nitrogens with one attached hydrogen (secondary N) is 2. The highest BCUT2D eigenvalue weighted by molar-refractivity contribution is 6.03. The first kappa shape index (κ1) is 14.2. The van der Waals surface area contributed by atoms with Crippen molar-refractivity contribution in [3.05, 3.63) is 36.3 Å². The number of carbonyl (C=O) groups is 2. The molecule has 1 fully saturated rings. The van der Waals surface area contributed by atoms with Crippen molar-refractivity contribution in [2.24, 2.45) is 5.73 Å². The third-order valence-electron chi connectivity index (χ3n) is 3.88. The van der Waals surface area contributed by atoms with Crippen molar-refractivity contribution in [2.75, 3.05) is 13.2 Å². The number of ether oxygens (including phenoxy) is 1. The fourth-order valence-corrected chi connectivity index (χ4v) is 2.78. The van der Waals surface area contributed by atoms with E-state index in [1.54, 1.807) is 35.1 Å². The van der Waals surface area contributed by atoms with E-state index in [-0.39, 0.29) is 18.7 Å². The quantitative estimate of drug-likeness (QED) is 0.624. The summed E-state index contributed by atoms with van der Waals surface area (Å²) >= 11 is 0. The number of imidazole rings is 1. The predicted molar refractivity (Wildman–Crippen MR) is 84.8 cm³/mol. The van der Waals surface area contributed by atoms with Gasteiger partial charge in [0, 0.05) is 30.5 Å². The number of hydrogen-bond acceptors (Lipinski definition) is 5. The minimum absolute atomic E-state index is 0.127. The van der Waals surface area contributed by atoms with Crippen LogP contribution >= 0.6 is 0 Å². The first-order valence-electron chi connectivity index (χ1n) is 7.35. The molecule has 3 aromatic heterocycles. The molecule has 1 aliphatic rings. The van der Waals surface area contributed by atoms with E-state index in [9.17, 15) is 9.59 Å². The lowest BCUT2D eigenvalue weighted by atomic mass is 10.1. The van der Waals surface area contributed by atoms with Crippen molar-refractivity contribution in [1.82, 2.24) is 25.0 Å². The predicted octanol–water partition coefficient (Wildman–Crippen LogP) is 0.0416. The van der Waals surface area contributed by atoms with Gasteiger partial charge in [-0.1, -0.05) is 0 Å². The molecule has 4 heterocycles. The van der Waals surface area contributed by atoms with Crippen LogP contribution in [-0.4, -0.2) is 45.5 Å². The molecule has 1 unspecified atom stereocenters. The fourth-order valence-electron chi connectivity index (χ4n) is 2.78. The zero-order chi connectivity index (χ0) is 16.7. The maximum absolute atomic E-state index is 11.6. The van der Waals surface area contributed by atoms with Crippen molar-refractivity contribution in [2.45, 2.75) is 6.04 Å². The molecule has 24 heavy (non-hydrogen) atoms. The zero-order valence-corrected chi connectivity index (χ0v) is 12.5. The Balaban J connectivity index is 1.77. The molecule has 0 spiro atoms. The average molecular weight is 326 g/mol. The first-order chi connectivity index (χ1) is 11.6. The second-order valence-electron chi connectivity index (χ2n) is 5.46. The number of pyridine rings is 2. The molecule has 1 saturated heterocycles. The van der Waals surface area contributed by atoms with E-state index < -0.39 is 5.91 Å². The number of urea groups is 1. The van der Waals surface area contributed by atoms with Crippen LogP contribution in [0.5, 0.6) is 5.88 Å². The molecule has 3 aromatic rings. The standard InChI is InChI=1S/C15H14N6O3/c16-12(22)10-5-8-1-2-18-14(11(8)21-4-3-17-13(10)21)24-7-9-6-19-15(23)20-9/h1-5,9H,6-7H2,(H2,16,22)(H2,19,20,23). The highest BCUT2D eigenvalue weighted by Crippen LogP contribution is 2.26. The Kier molecular flexibility index (Phi) is 3.19. The van der Waals surface area contributed by atoms with Crippen LogP contribution < -0.4 is 21.1 Å². The summed E-state index contributed by atoms with van der Waals surface area (Å²) in [5, 5.41) is 6.17. The molecule has 4 N–H and O–H groups in total. The van der Waals surface area contributed by atoms with Gasteiger partial charge in [-0.25, -0.2) is 14.8 Å². The Morgan fingerprint density at radius 2 is 2.29 bits per heavy atom. The van der Waals surface area contributed by atoms with Gasteiger partial charge >= 0.3 is 6.03 Å². The Labute approximate surface area is 135 Å². The Morgan fingerprint density at radius 3 is 3.04 bits per heavy atom. The van der Waals surface area contributed by atoms with Gasteiger partial charge in [0.2, 0.25) is 5.88 Å². The third-order valence-corrected chi connectivity index (χ3v) is 3.88. The zero-order valence-electron chi connectivity index (χ0n) is 12.5. The van der Waals surface area contributed by atoms with Gasteiger partial charge in [-0.2, -0.15) is 0 Å². The van der Waals surface area contributed by atoms with Crippen molar-refractivity contribution in [3.8, 4) is 5.88 Å². The molecule has 0 radical (unpaired) electrons. The lowest BCUT2D eigenvalue weighted by molar-refractivity contribution is 0.100. The van der Waals surface area contributed by atoms with Crippen LogP contribution in [0.2, 0.25) is 0 Å². The summed E-state index contributed by atoms with van der Waals surface area (Å²) in [6, 6.07) is 3.11. The summed E-state index contributed by atoms with van der Waals surface area (Å²) in [5.74, 6) is -0.153. The van der Waals surface area contributed by atoms with Gasteiger partial charge in [-0.05, 0) is 12.1 Å². The molecule has 122 valence electrons. The summed E-state index contributed by atoms with van der Waals surface area (Å²) in [5.41, 5.74) is 6.90. The molecule has 0 bridgehead atoms. The molecule has 9 heteroatoms. The molecule has 0 saturated carbocycles. The summed E-state index contributed by atoms with van der Waals surface area (Å²) < 4.78 is 7.52. The van der Waals surface area contributed by atoms with Gasteiger partial charge in [0.05, 0.1) is 11.6 Å². The van der Waals surface area contributed by atoms with Gasteiger partial charge in [-0.3, -0.25) is 9.20 Å². The number of fused-ring (bicyclic) bond motifs is 3. The van der Waals surface area contributed by atoms with Crippen LogP contribution in [0, 0.1) is 0 Å². The molecule has 3 amide bonds. The number of primary amides is 1. The number of hydrogen-bond donors (Lipinski definition) is 3. The Bertz CT molecular complexity index is 966. The van der Waals surface area contributed by atoms with Crippen molar-refractivity contribution < 1.29 is 14.3 Å². The molecule has 1 aliphatic heterocycles. The van der Waals surface area contributed by atoms with E-state index in [1.165, 1.54) is 0 Å². The van der Waals surface area contributed by atoms with Gasteiger partial charge in [0.25, 0.3) is 5.91 Å². The minimum Gasteiger partial charge on any atom is -0.474 e. The van der Waals surface area contributed by atoms with Crippen LogP contribution in [0.25, 0.3) is 16.6 Å². The lowest BCUT2D eigenvalue weighted by Crippen LogP contribution is -2.32. The van der Waals surface area contributed by atoms with Crippen molar-refractivity contribution in [1.29, 1.82) is 0 Å². The molecular weight excluding hydrogens is 312 g/mol. The van der Waals surface area contributed by atoms with Crippen LogP contribution in [-0.2, 0) is 0 Å². The lowest BCUT2D eigenvalue weighted by Gasteiger charge is -2.13. The average Bonchev–Trinajstić information content (AvgIpc) is 3.20. The van der Waals surface area contributed by atoms with Gasteiger partial charge < -0.3 is 21.1 Å². The summed E-state index contributed by atoms with van der Waals surface area (Å²) in [6.07, 6.45) is 4.90. The number of nitrogens with zero attached hydrogens (tertiary/aromatic N) is 3. The van der Waals surface area contributed by atoms with E-state index >= 15 is 0 Å². The SMILES string of the molecule is NC(=O)c1cc2ccnc(OCC3CNC(=O)N3)c2n2ccnc12. The normalized spacial score (nSPS) is 17.0. The summed E-state index contributed by atoms with van der Waals surface area (Å²) in [6.45, 7) is 0.772. The number of aromatic nitrogens is 3. The van der Waals surface area contributed by atoms with Crippen molar-refractivity contribution in [3.63, 3.8) is 0 Å². The monoisotopic (exact) mass is 326 g/mol. The van der Waals surface area contributed by atoms with Gasteiger partial charge in [0.1, 0.15) is 17.8 Å². The number of rotatable bonds is 4. The fraction of sp³-hybridized carbons (Fsp3) is 0.200. The second-order valence-corrected chi connectivity index (χ2v) is 5.46. The van der Waals surface area contributed by atoms with Crippen LogP contribution in [0.3, 0.4) is 0 Å². The minimum atomic E-state index is -0.549. The number of amides is 3. The van der Waals surface area contributed by atoms with Gasteiger partial charge in [-0.15, -0.1) is 0 Å². The van der Waals surface area contributed by atoms with Crippen LogP contribution in [0.15, 0.2) is 30.7 Å². The summed E-state index contributed by atoms with van der Waals surface area (Å²) in [7, 11) is 0. The van der Waals surface area contributed by atoms with E-state index in [2.05, 4.69) is 20.6 Å². The maximum atomic E-state index is 11.6. The molecule has 0 aliphatic carbocycles. The van der Waals surface area contributed by atoms with Crippen molar-refractivity contribution >= 4 is 28.5 Å². The largest absolute Gasteiger partial charge is 0.474 e. The second kappa shape index (κ2) is 5.37. The topological polar surface area (TPSA) is 124 Å². The van der Waals surface area contributed by atoms with E-state index in [4.69, 9.17) is 10.5 Å². The number of nitrogens with two attached hydrogens (primary N) is 1. The maximum Gasteiger partial charge on any atom is 0.315 e. The third kappa shape index (κ3) is 2.26. The molecule has 4 rings (SSSR count). The smallest absolute Gasteiger partial charge is 0.315 e. The molecule has 9 nitrogen and oxygen atoms in total. The van der Waals surface area contributed by atoms with E-state index in [0.29, 0.717) is 29.2 Å². The molecule has 1 atom stereocenters. The Hall–Kier alpha value is -3.36. The molecular formula is C15H14N6O3. The highest BCUT2D eigenvalue weighted by atomic mass is 16.5. The Morgan fingerprint density at radius 1 is 1.42 bits per heavy atom. The summed E-state index contributed by atoms with van der Waals surface area (Å²) in [4.78, 5) is 31.3. The van der Waals surface area contributed by atoms with E-state index in [1.807, 2.05) is 0 Å². The number of carbonyl (C=O) groups excluding carboxylic acids is 2. The highest BCUT2D eigenvalue weighted by Gasteiger charge is 2.21. The van der Waals surface area contributed by atoms with Gasteiger partial charge in [0.15, 0.2) is 0 Å². The van der Waals surface area contributed by atoms with E-state index in [0.717, 1.165) is 5.39 Å². The first-order valence-corrected chi connectivity index (χ1v) is 7.35. The molecule has 0 aromatic carbocycles. The van der Waals surface area contributed by atoms with Crippen LogP contribution in [0.4, 0.5) is 4.79 Å². The van der Waals surface area contributed by atoms with Crippen LogP contribution in [0.1, 0.15) is 10.4 Å².